The molecule has 0 unspecified atom stereocenters. The van der Waals surface area contributed by atoms with Crippen LogP contribution >= 0.6 is 23.2 Å². The summed E-state index contributed by atoms with van der Waals surface area (Å²) in [5, 5.41) is 1.96. The second kappa shape index (κ2) is 6.86. The van der Waals surface area contributed by atoms with Crippen LogP contribution in [-0.2, 0) is 0 Å². The van der Waals surface area contributed by atoms with Crippen molar-refractivity contribution in [3.63, 3.8) is 0 Å². The molecule has 3 rings (SSSR count). The number of H-pyrrole nitrogens is 1. The second-order valence-electron chi connectivity index (χ2n) is 4.95. The summed E-state index contributed by atoms with van der Waals surface area (Å²) in [4.78, 5) is 15.0. The number of nitrogens with one attached hydrogen (secondary N) is 1. The topological polar surface area (TPSA) is 58.9 Å². The van der Waals surface area contributed by atoms with E-state index < -0.39 is 0 Å². The molecule has 0 aliphatic heterocycles. The monoisotopic (exact) mass is 334 g/mol. The normalized spacial score (nSPS) is 10.2. The van der Waals surface area contributed by atoms with Crippen molar-refractivity contribution in [2.45, 2.75) is 13.8 Å². The number of aromatic nitrogens is 1. The molecule has 0 bridgehead atoms. The molecule has 0 aliphatic rings. The molecular weight excluding hydrogens is 319 g/mol. The van der Waals surface area contributed by atoms with Crippen molar-refractivity contribution in [3.05, 3.63) is 74.0 Å². The number of pyridine rings is 1. The van der Waals surface area contributed by atoms with Gasteiger partial charge in [0.15, 0.2) is 5.43 Å². The standard InChI is InChI=1S/C11H10ClNO.C6H6ClN/c1-6-7(2)13-10-4-3-8(12)5-9(10)11(6)14;7-5-1-3-6(8)4-2-5/h3-5H,1-2H3,(H,13,14);1-4H,8H2. The fraction of sp³-hybridized carbons (Fsp3) is 0.118. The van der Waals surface area contributed by atoms with Gasteiger partial charge in [-0.1, -0.05) is 23.2 Å². The first kappa shape index (κ1) is 16.4. The molecule has 0 atom stereocenters. The Balaban J connectivity index is 0.000000188. The van der Waals surface area contributed by atoms with Crippen LogP contribution in [0.25, 0.3) is 10.9 Å². The average molecular weight is 335 g/mol. The van der Waals surface area contributed by atoms with Gasteiger partial charge in [-0.15, -0.1) is 0 Å². The SMILES string of the molecule is Cc1[nH]c2ccc(Cl)cc2c(=O)c1C.Nc1ccc(Cl)cc1. The van der Waals surface area contributed by atoms with Gasteiger partial charge in [0.2, 0.25) is 0 Å². The molecule has 5 heteroatoms. The Kier molecular flexibility index (Phi) is 5.11. The first-order valence-corrected chi connectivity index (χ1v) is 7.44. The molecule has 0 saturated heterocycles. The molecule has 0 amide bonds. The van der Waals surface area contributed by atoms with E-state index in [0.717, 1.165) is 27.5 Å². The van der Waals surface area contributed by atoms with Crippen molar-refractivity contribution in [1.29, 1.82) is 0 Å². The highest BCUT2D eigenvalue weighted by Gasteiger charge is 2.04. The molecule has 3 N–H and O–H groups in total. The molecule has 3 aromatic rings. The smallest absolute Gasteiger partial charge is 0.192 e. The van der Waals surface area contributed by atoms with E-state index in [1.54, 1.807) is 36.4 Å². The van der Waals surface area contributed by atoms with Crippen molar-refractivity contribution in [3.8, 4) is 0 Å². The predicted molar refractivity (Wildman–Crippen MR) is 94.9 cm³/mol. The highest BCUT2D eigenvalue weighted by atomic mass is 35.5. The van der Waals surface area contributed by atoms with Crippen LogP contribution in [-0.4, -0.2) is 4.98 Å². The fourth-order valence-electron chi connectivity index (χ4n) is 1.94. The Labute approximate surface area is 138 Å². The van der Waals surface area contributed by atoms with E-state index in [-0.39, 0.29) is 5.43 Å². The van der Waals surface area contributed by atoms with Crippen LogP contribution in [0.4, 0.5) is 5.69 Å². The van der Waals surface area contributed by atoms with E-state index in [9.17, 15) is 4.79 Å². The van der Waals surface area contributed by atoms with Gasteiger partial charge in [-0.3, -0.25) is 4.79 Å². The lowest BCUT2D eigenvalue weighted by molar-refractivity contribution is 1.18. The molecule has 0 saturated carbocycles. The number of nitrogens with two attached hydrogens (primary N) is 1. The van der Waals surface area contributed by atoms with Crippen molar-refractivity contribution >= 4 is 39.8 Å². The maximum Gasteiger partial charge on any atom is 0.192 e. The number of nitrogen functional groups attached to an aromatic ring is 1. The summed E-state index contributed by atoms with van der Waals surface area (Å²) in [6.45, 7) is 3.71. The molecule has 1 aromatic heterocycles. The molecule has 1 heterocycles. The number of fused-ring (bicyclic) bond motifs is 1. The van der Waals surface area contributed by atoms with Gasteiger partial charge in [-0.05, 0) is 56.3 Å². The number of anilines is 1. The zero-order valence-electron chi connectivity index (χ0n) is 12.3. The molecule has 22 heavy (non-hydrogen) atoms. The second-order valence-corrected chi connectivity index (χ2v) is 5.82. The predicted octanol–water partition coefficient (Wildman–Crippen LogP) is 4.72. The average Bonchev–Trinajstić information content (AvgIpc) is 2.50. The lowest BCUT2D eigenvalue weighted by atomic mass is 10.1. The van der Waals surface area contributed by atoms with Gasteiger partial charge >= 0.3 is 0 Å². The van der Waals surface area contributed by atoms with Crippen molar-refractivity contribution in [2.75, 3.05) is 5.73 Å². The summed E-state index contributed by atoms with van der Waals surface area (Å²) in [6, 6.07) is 12.3. The van der Waals surface area contributed by atoms with Crippen LogP contribution in [0.1, 0.15) is 11.3 Å². The van der Waals surface area contributed by atoms with Gasteiger partial charge in [0.05, 0.1) is 0 Å². The van der Waals surface area contributed by atoms with Crippen molar-refractivity contribution in [2.24, 2.45) is 0 Å². The number of halogens is 2. The molecule has 3 nitrogen and oxygen atoms in total. The molecule has 0 aliphatic carbocycles. The van der Waals surface area contributed by atoms with Crippen LogP contribution in [0.2, 0.25) is 10.0 Å². The molecule has 0 fully saturated rings. The number of hydrogen-bond acceptors (Lipinski definition) is 2. The molecule has 2 aromatic carbocycles. The summed E-state index contributed by atoms with van der Waals surface area (Å²) < 4.78 is 0. The third kappa shape index (κ3) is 3.81. The number of rotatable bonds is 0. The zero-order chi connectivity index (χ0) is 16.3. The van der Waals surface area contributed by atoms with E-state index in [1.807, 2.05) is 19.9 Å². The van der Waals surface area contributed by atoms with Gasteiger partial charge in [0.25, 0.3) is 0 Å². The first-order valence-electron chi connectivity index (χ1n) is 6.68. The Morgan fingerprint density at radius 3 is 2.14 bits per heavy atom. The lowest BCUT2D eigenvalue weighted by Gasteiger charge is -2.03. The molecule has 0 spiro atoms. The largest absolute Gasteiger partial charge is 0.399 e. The van der Waals surface area contributed by atoms with Crippen molar-refractivity contribution < 1.29 is 0 Å². The van der Waals surface area contributed by atoms with E-state index >= 15 is 0 Å². The maximum absolute atomic E-state index is 11.8. The summed E-state index contributed by atoms with van der Waals surface area (Å²) in [7, 11) is 0. The maximum atomic E-state index is 11.8. The quantitative estimate of drug-likeness (QED) is 0.584. The third-order valence-electron chi connectivity index (χ3n) is 3.32. The van der Waals surface area contributed by atoms with Crippen LogP contribution in [0.5, 0.6) is 0 Å². The minimum Gasteiger partial charge on any atom is -0.399 e. The molecular formula is C17H16Cl2N2O. The molecule has 114 valence electrons. The van der Waals surface area contributed by atoms with Crippen LogP contribution in [0.3, 0.4) is 0 Å². The van der Waals surface area contributed by atoms with E-state index in [2.05, 4.69) is 4.98 Å². The Hall–Kier alpha value is -1.97. The van der Waals surface area contributed by atoms with Gasteiger partial charge < -0.3 is 10.7 Å². The fourth-order valence-corrected chi connectivity index (χ4v) is 2.24. The van der Waals surface area contributed by atoms with Gasteiger partial charge in [-0.2, -0.15) is 0 Å². The Morgan fingerprint density at radius 1 is 0.955 bits per heavy atom. The molecule has 0 radical (unpaired) electrons. The lowest BCUT2D eigenvalue weighted by Crippen LogP contribution is -2.09. The van der Waals surface area contributed by atoms with Crippen molar-refractivity contribution in [1.82, 2.24) is 4.98 Å². The van der Waals surface area contributed by atoms with E-state index in [0.29, 0.717) is 10.4 Å². The van der Waals surface area contributed by atoms with Crippen LogP contribution in [0, 0.1) is 13.8 Å². The number of benzene rings is 2. The number of aromatic amines is 1. The minimum atomic E-state index is 0.0544. The Bertz CT molecular complexity index is 834. The van der Waals surface area contributed by atoms with Gasteiger partial charge in [0.1, 0.15) is 0 Å². The van der Waals surface area contributed by atoms with Gasteiger partial charge in [-0.25, -0.2) is 0 Å². The summed E-state index contributed by atoms with van der Waals surface area (Å²) in [6.07, 6.45) is 0. The van der Waals surface area contributed by atoms with Crippen LogP contribution in [0.15, 0.2) is 47.3 Å². The van der Waals surface area contributed by atoms with E-state index in [1.165, 1.54) is 0 Å². The van der Waals surface area contributed by atoms with E-state index in [4.69, 9.17) is 28.9 Å². The minimum absolute atomic E-state index is 0.0544. The summed E-state index contributed by atoms with van der Waals surface area (Å²) in [5.74, 6) is 0. The zero-order valence-corrected chi connectivity index (χ0v) is 13.8. The highest BCUT2D eigenvalue weighted by molar-refractivity contribution is 6.31. The third-order valence-corrected chi connectivity index (χ3v) is 3.81. The first-order chi connectivity index (χ1) is 10.4. The summed E-state index contributed by atoms with van der Waals surface area (Å²) >= 11 is 11.4. The number of aryl methyl sites for hydroxylation is 1. The summed E-state index contributed by atoms with van der Waals surface area (Å²) in [5.41, 5.74) is 8.66. The van der Waals surface area contributed by atoms with Gasteiger partial charge in [0, 0.05) is 37.9 Å². The van der Waals surface area contributed by atoms with Crippen LogP contribution < -0.4 is 11.2 Å². The highest BCUT2D eigenvalue weighted by Crippen LogP contribution is 2.16. The number of hydrogen-bond donors (Lipinski definition) is 2. The Morgan fingerprint density at radius 2 is 1.55 bits per heavy atom.